The summed E-state index contributed by atoms with van der Waals surface area (Å²) in [5.41, 5.74) is 1.92. The molecule has 0 saturated carbocycles. The van der Waals surface area contributed by atoms with Gasteiger partial charge in [-0.2, -0.15) is 14.7 Å². The maximum atomic E-state index is 13.4. The zero-order chi connectivity index (χ0) is 26.2. The molecule has 0 fully saturated rings. The molecule has 0 atom stereocenters. The largest absolute Gasteiger partial charge is 0.443 e. The minimum absolute atomic E-state index is 0.110. The van der Waals surface area contributed by atoms with Gasteiger partial charge in [0, 0.05) is 11.6 Å². The van der Waals surface area contributed by atoms with Crippen LogP contribution in [0.5, 0.6) is 0 Å². The fourth-order valence-electron chi connectivity index (χ4n) is 3.62. The van der Waals surface area contributed by atoms with E-state index in [4.69, 9.17) is 16.3 Å². The average molecular weight is 512 g/mol. The van der Waals surface area contributed by atoms with E-state index in [-0.39, 0.29) is 23.3 Å². The van der Waals surface area contributed by atoms with Crippen LogP contribution in [0.2, 0.25) is 5.15 Å². The normalized spacial score (nSPS) is 11.8. The minimum Gasteiger partial charge on any atom is -0.443 e. The summed E-state index contributed by atoms with van der Waals surface area (Å²) in [7, 11) is 0. The third kappa shape index (κ3) is 5.30. The number of hydrogen-bond acceptors (Lipinski definition) is 7. The summed E-state index contributed by atoms with van der Waals surface area (Å²) in [5.74, 6) is 0.539. The molecular weight excluding hydrogens is 486 g/mol. The van der Waals surface area contributed by atoms with Crippen LogP contribution in [0, 0.1) is 10.1 Å². The summed E-state index contributed by atoms with van der Waals surface area (Å²) in [6, 6.07) is 8.74. The van der Waals surface area contributed by atoms with E-state index >= 15 is 0 Å². The number of fused-ring (bicyclic) bond motifs is 1. The molecule has 0 radical (unpaired) electrons. The summed E-state index contributed by atoms with van der Waals surface area (Å²) in [5, 5.41) is 19.8. The molecule has 1 amide bonds. The zero-order valence-corrected chi connectivity index (χ0v) is 21.3. The Morgan fingerprint density at radius 3 is 2.61 bits per heavy atom. The van der Waals surface area contributed by atoms with Crippen molar-refractivity contribution in [3.63, 3.8) is 0 Å². The standard InChI is InChI=1S/C24H26ClN7O4/c1-15(2)19-12-27-31-21(10-20(25)28-22(19)31)29(23(33)36-24(3,4)5)13-16-7-6-8-17(9-16)30-14-18(11-26-30)32(34)35/h6-12,14-15H,13H2,1-5H3. The van der Waals surface area contributed by atoms with Crippen LogP contribution in [0.1, 0.15) is 51.7 Å². The Balaban J connectivity index is 1.78. The lowest BCUT2D eigenvalue weighted by Gasteiger charge is -2.28. The lowest BCUT2D eigenvalue weighted by Crippen LogP contribution is -2.37. The van der Waals surface area contributed by atoms with Crippen molar-refractivity contribution in [3.8, 4) is 5.69 Å². The van der Waals surface area contributed by atoms with Gasteiger partial charge < -0.3 is 4.74 Å². The topological polar surface area (TPSA) is 121 Å². The molecule has 0 unspecified atom stereocenters. The number of nitrogens with zero attached hydrogens (tertiary/aromatic N) is 7. The molecular formula is C24H26ClN7O4. The van der Waals surface area contributed by atoms with Gasteiger partial charge in [0.1, 0.15) is 29.0 Å². The van der Waals surface area contributed by atoms with E-state index < -0.39 is 16.6 Å². The van der Waals surface area contributed by atoms with Gasteiger partial charge in [-0.05, 0) is 44.4 Å². The predicted octanol–water partition coefficient (Wildman–Crippen LogP) is 5.54. The van der Waals surface area contributed by atoms with Crippen LogP contribution in [0.4, 0.5) is 16.3 Å². The van der Waals surface area contributed by atoms with Crippen molar-refractivity contribution in [1.82, 2.24) is 24.4 Å². The minimum atomic E-state index is -0.742. The molecule has 0 aliphatic heterocycles. The highest BCUT2D eigenvalue weighted by Gasteiger charge is 2.27. The van der Waals surface area contributed by atoms with Crippen LogP contribution in [0.3, 0.4) is 0 Å². The van der Waals surface area contributed by atoms with Gasteiger partial charge in [-0.15, -0.1) is 0 Å². The highest BCUT2D eigenvalue weighted by atomic mass is 35.5. The maximum absolute atomic E-state index is 13.4. The molecule has 1 aromatic carbocycles. The second-order valence-corrected chi connectivity index (χ2v) is 9.95. The van der Waals surface area contributed by atoms with Crippen molar-refractivity contribution < 1.29 is 14.5 Å². The molecule has 12 heteroatoms. The molecule has 4 rings (SSSR count). The van der Waals surface area contributed by atoms with Gasteiger partial charge in [0.2, 0.25) is 0 Å². The van der Waals surface area contributed by atoms with Gasteiger partial charge in [0.25, 0.3) is 0 Å². The van der Waals surface area contributed by atoms with Crippen LogP contribution in [-0.2, 0) is 11.3 Å². The maximum Gasteiger partial charge on any atom is 0.416 e. The number of halogens is 1. The van der Waals surface area contributed by atoms with E-state index in [9.17, 15) is 14.9 Å². The highest BCUT2D eigenvalue weighted by Crippen LogP contribution is 2.28. The predicted molar refractivity (Wildman–Crippen MR) is 135 cm³/mol. The Morgan fingerprint density at radius 1 is 1.22 bits per heavy atom. The van der Waals surface area contributed by atoms with Crippen molar-refractivity contribution in [2.75, 3.05) is 4.90 Å². The summed E-state index contributed by atoms with van der Waals surface area (Å²) in [6.07, 6.45) is 3.63. The van der Waals surface area contributed by atoms with Crippen LogP contribution >= 0.6 is 11.6 Å². The Bertz CT molecular complexity index is 1440. The first-order valence-electron chi connectivity index (χ1n) is 11.3. The fraction of sp³-hybridized carbons (Fsp3) is 0.333. The van der Waals surface area contributed by atoms with Crippen LogP contribution in [0.25, 0.3) is 11.3 Å². The number of anilines is 1. The molecule has 0 bridgehead atoms. The van der Waals surface area contributed by atoms with Crippen molar-refractivity contribution in [3.05, 3.63) is 75.3 Å². The Labute approximate surface area is 212 Å². The van der Waals surface area contributed by atoms with Crippen LogP contribution < -0.4 is 4.90 Å². The number of hydrogen-bond donors (Lipinski definition) is 0. The number of benzene rings is 1. The van der Waals surface area contributed by atoms with Gasteiger partial charge in [-0.1, -0.05) is 37.6 Å². The zero-order valence-electron chi connectivity index (χ0n) is 20.5. The van der Waals surface area contributed by atoms with E-state index in [1.165, 1.54) is 22.0 Å². The summed E-state index contributed by atoms with van der Waals surface area (Å²) in [4.78, 5) is 29.8. The molecule has 11 nitrogen and oxygen atoms in total. The molecule has 0 spiro atoms. The molecule has 188 valence electrons. The third-order valence-corrected chi connectivity index (χ3v) is 5.45. The van der Waals surface area contributed by atoms with E-state index in [1.807, 2.05) is 19.9 Å². The Morgan fingerprint density at radius 2 is 1.97 bits per heavy atom. The average Bonchev–Trinajstić information content (AvgIpc) is 3.44. The number of carbonyl (C=O) groups excluding carboxylic acids is 1. The van der Waals surface area contributed by atoms with Gasteiger partial charge in [-0.3, -0.25) is 15.0 Å². The SMILES string of the molecule is CC(C)c1cnn2c(N(Cc3cccc(-n4cc([N+](=O)[O-])cn4)c3)C(=O)OC(C)(C)C)cc(Cl)nc12. The molecule has 0 aliphatic carbocycles. The smallest absolute Gasteiger partial charge is 0.416 e. The number of rotatable bonds is 6. The van der Waals surface area contributed by atoms with Gasteiger partial charge in [0.05, 0.1) is 23.4 Å². The third-order valence-electron chi connectivity index (χ3n) is 5.26. The fourth-order valence-corrected chi connectivity index (χ4v) is 3.80. The molecule has 4 aromatic rings. The first kappa shape index (κ1) is 25.1. The first-order chi connectivity index (χ1) is 16.9. The molecule has 0 saturated heterocycles. The number of amides is 1. The van der Waals surface area contributed by atoms with Gasteiger partial charge in [-0.25, -0.2) is 14.5 Å². The number of nitro groups is 1. The van der Waals surface area contributed by atoms with Crippen molar-refractivity contribution in [1.29, 1.82) is 0 Å². The van der Waals surface area contributed by atoms with Crippen molar-refractivity contribution in [2.45, 2.75) is 52.7 Å². The monoisotopic (exact) mass is 511 g/mol. The molecule has 36 heavy (non-hydrogen) atoms. The lowest BCUT2D eigenvalue weighted by molar-refractivity contribution is -0.384. The second kappa shape index (κ2) is 9.57. The lowest BCUT2D eigenvalue weighted by atomic mass is 10.1. The van der Waals surface area contributed by atoms with Gasteiger partial charge >= 0.3 is 11.8 Å². The molecule has 0 N–H and O–H groups in total. The molecule has 3 aromatic heterocycles. The number of aromatic nitrogens is 5. The molecule has 0 aliphatic rings. The Hall–Kier alpha value is -3.99. The summed E-state index contributed by atoms with van der Waals surface area (Å²) in [6.45, 7) is 9.52. The number of ether oxygens (including phenoxy) is 1. The van der Waals surface area contributed by atoms with Crippen LogP contribution in [-0.4, -0.2) is 41.0 Å². The van der Waals surface area contributed by atoms with Crippen molar-refractivity contribution >= 4 is 34.8 Å². The van der Waals surface area contributed by atoms with E-state index in [2.05, 4.69) is 15.2 Å². The van der Waals surface area contributed by atoms with E-state index in [0.717, 1.165) is 11.1 Å². The summed E-state index contributed by atoms with van der Waals surface area (Å²) < 4.78 is 8.69. The van der Waals surface area contributed by atoms with Crippen LogP contribution in [0.15, 0.2) is 48.9 Å². The van der Waals surface area contributed by atoms with Crippen molar-refractivity contribution in [2.24, 2.45) is 0 Å². The Kier molecular flexibility index (Phi) is 6.68. The molecule has 3 heterocycles. The number of carbonyl (C=O) groups is 1. The summed E-state index contributed by atoms with van der Waals surface area (Å²) >= 11 is 6.38. The quantitative estimate of drug-likeness (QED) is 0.189. The second-order valence-electron chi connectivity index (χ2n) is 9.56. The highest BCUT2D eigenvalue weighted by molar-refractivity contribution is 6.29. The first-order valence-corrected chi connectivity index (χ1v) is 11.6. The van der Waals surface area contributed by atoms with E-state index in [0.29, 0.717) is 17.2 Å². The van der Waals surface area contributed by atoms with Gasteiger partial charge in [0.15, 0.2) is 5.65 Å². The van der Waals surface area contributed by atoms with E-state index in [1.54, 1.807) is 55.7 Å².